The van der Waals surface area contributed by atoms with Crippen LogP contribution in [0, 0.1) is 5.92 Å². The molecule has 4 heteroatoms. The van der Waals surface area contributed by atoms with E-state index in [9.17, 15) is 5.11 Å². The Bertz CT molecular complexity index is 399. The highest BCUT2D eigenvalue weighted by atomic mass is 35.5. The first-order valence-corrected chi connectivity index (χ1v) is 7.45. The summed E-state index contributed by atoms with van der Waals surface area (Å²) in [5, 5.41) is 13.8. The summed E-state index contributed by atoms with van der Waals surface area (Å²) < 4.78 is 0. The van der Waals surface area contributed by atoms with Crippen molar-refractivity contribution in [2.45, 2.75) is 37.8 Å². The van der Waals surface area contributed by atoms with Gasteiger partial charge in [0.25, 0.3) is 0 Å². The number of hydrogen-bond acceptors (Lipinski definition) is 3. The highest BCUT2D eigenvalue weighted by Gasteiger charge is 2.26. The number of aliphatic hydroxyl groups is 1. The second kappa shape index (κ2) is 7.25. The van der Waals surface area contributed by atoms with Gasteiger partial charge in [-0.05, 0) is 36.5 Å². The zero-order valence-electron chi connectivity index (χ0n) is 11.2. The van der Waals surface area contributed by atoms with Crippen LogP contribution in [0.25, 0.3) is 0 Å². The maximum atomic E-state index is 9.47. The van der Waals surface area contributed by atoms with Crippen molar-refractivity contribution in [3.8, 4) is 0 Å². The van der Waals surface area contributed by atoms with Gasteiger partial charge in [0.15, 0.2) is 0 Å². The van der Waals surface area contributed by atoms with E-state index >= 15 is 0 Å². The lowest BCUT2D eigenvalue weighted by Gasteiger charge is -2.34. The average Bonchev–Trinajstić information content (AvgIpc) is 2.45. The van der Waals surface area contributed by atoms with Crippen molar-refractivity contribution in [1.82, 2.24) is 5.32 Å². The van der Waals surface area contributed by atoms with Gasteiger partial charge in [-0.3, -0.25) is 0 Å². The van der Waals surface area contributed by atoms with Gasteiger partial charge in [-0.1, -0.05) is 36.6 Å². The molecule has 19 heavy (non-hydrogen) atoms. The Morgan fingerprint density at radius 1 is 1.37 bits per heavy atom. The Labute approximate surface area is 120 Å². The van der Waals surface area contributed by atoms with Crippen LogP contribution in [0.1, 0.15) is 37.3 Å². The van der Waals surface area contributed by atoms with Crippen molar-refractivity contribution in [3.05, 3.63) is 34.9 Å². The molecule has 4 N–H and O–H groups in total. The number of rotatable bonds is 5. The van der Waals surface area contributed by atoms with Crippen molar-refractivity contribution in [2.24, 2.45) is 11.7 Å². The van der Waals surface area contributed by atoms with Gasteiger partial charge in [0, 0.05) is 30.3 Å². The summed E-state index contributed by atoms with van der Waals surface area (Å²) in [6.07, 6.45) is 4.65. The molecular formula is C15H23ClN2O. The minimum absolute atomic E-state index is 0.107. The van der Waals surface area contributed by atoms with Crippen LogP contribution >= 0.6 is 11.6 Å². The Balaban J connectivity index is 2.05. The van der Waals surface area contributed by atoms with Crippen LogP contribution in [0.2, 0.25) is 5.02 Å². The molecule has 1 fully saturated rings. The van der Waals surface area contributed by atoms with Gasteiger partial charge in [-0.15, -0.1) is 0 Å². The van der Waals surface area contributed by atoms with E-state index in [-0.39, 0.29) is 12.6 Å². The first-order valence-electron chi connectivity index (χ1n) is 7.07. The molecule has 1 saturated carbocycles. The van der Waals surface area contributed by atoms with Crippen molar-refractivity contribution in [2.75, 3.05) is 13.2 Å². The highest BCUT2D eigenvalue weighted by molar-refractivity contribution is 6.30. The lowest BCUT2D eigenvalue weighted by molar-refractivity contribution is 0.146. The number of benzene rings is 1. The van der Waals surface area contributed by atoms with Gasteiger partial charge >= 0.3 is 0 Å². The molecule has 0 saturated heterocycles. The molecule has 0 amide bonds. The predicted molar refractivity (Wildman–Crippen MR) is 79.2 cm³/mol. The third kappa shape index (κ3) is 3.93. The molecule has 1 aliphatic carbocycles. The van der Waals surface area contributed by atoms with E-state index in [2.05, 4.69) is 5.32 Å². The largest absolute Gasteiger partial charge is 0.396 e. The Morgan fingerprint density at radius 3 is 2.84 bits per heavy atom. The van der Waals surface area contributed by atoms with E-state index in [1.165, 1.54) is 12.8 Å². The Hall–Kier alpha value is -0.610. The normalized spacial score (nSPS) is 25.2. The highest BCUT2D eigenvalue weighted by Crippen LogP contribution is 2.27. The van der Waals surface area contributed by atoms with Crippen LogP contribution < -0.4 is 11.1 Å². The van der Waals surface area contributed by atoms with Gasteiger partial charge in [0.2, 0.25) is 0 Å². The molecule has 1 aliphatic rings. The fourth-order valence-electron chi connectivity index (χ4n) is 2.93. The molecule has 1 aromatic rings. The minimum atomic E-state index is 0.107. The van der Waals surface area contributed by atoms with E-state index in [0.29, 0.717) is 18.5 Å². The summed E-state index contributed by atoms with van der Waals surface area (Å²) >= 11 is 6.04. The van der Waals surface area contributed by atoms with E-state index < -0.39 is 0 Å². The standard InChI is InChI=1S/C15H23ClN2O/c16-13-6-3-5-11(8-13)15(9-17)18-14-7-2-1-4-12(14)10-19/h3,5-6,8,12,14-15,18-19H,1-2,4,7,9-10,17H2. The molecule has 0 aromatic heterocycles. The monoisotopic (exact) mass is 282 g/mol. The summed E-state index contributed by atoms with van der Waals surface area (Å²) in [6.45, 7) is 0.791. The van der Waals surface area contributed by atoms with Gasteiger partial charge < -0.3 is 16.2 Å². The summed E-state index contributed by atoms with van der Waals surface area (Å²) in [5.74, 6) is 0.349. The Kier molecular flexibility index (Phi) is 5.64. The number of aliphatic hydroxyl groups excluding tert-OH is 1. The predicted octanol–water partition coefficient (Wildman–Crippen LogP) is 2.48. The van der Waals surface area contributed by atoms with Gasteiger partial charge in [0.1, 0.15) is 0 Å². The lowest BCUT2D eigenvalue weighted by atomic mass is 9.84. The summed E-state index contributed by atoms with van der Waals surface area (Å²) in [7, 11) is 0. The summed E-state index contributed by atoms with van der Waals surface area (Å²) in [6, 6.07) is 8.29. The minimum Gasteiger partial charge on any atom is -0.396 e. The van der Waals surface area contributed by atoms with Crippen molar-refractivity contribution in [1.29, 1.82) is 0 Å². The van der Waals surface area contributed by atoms with Crippen LogP contribution in [0.4, 0.5) is 0 Å². The second-order valence-corrected chi connectivity index (χ2v) is 5.78. The average molecular weight is 283 g/mol. The zero-order valence-corrected chi connectivity index (χ0v) is 11.9. The molecule has 0 spiro atoms. The lowest BCUT2D eigenvalue weighted by Crippen LogP contribution is -2.44. The summed E-state index contributed by atoms with van der Waals surface area (Å²) in [5.41, 5.74) is 7.01. The molecule has 106 valence electrons. The van der Waals surface area contributed by atoms with Gasteiger partial charge in [0.05, 0.1) is 0 Å². The zero-order chi connectivity index (χ0) is 13.7. The fourth-order valence-corrected chi connectivity index (χ4v) is 3.13. The molecule has 0 radical (unpaired) electrons. The maximum Gasteiger partial charge on any atom is 0.0474 e. The molecular weight excluding hydrogens is 260 g/mol. The smallest absolute Gasteiger partial charge is 0.0474 e. The molecule has 1 aromatic carbocycles. The van der Waals surface area contributed by atoms with E-state index in [0.717, 1.165) is 23.4 Å². The fraction of sp³-hybridized carbons (Fsp3) is 0.600. The quantitative estimate of drug-likeness (QED) is 0.778. The maximum absolute atomic E-state index is 9.47. The third-order valence-electron chi connectivity index (χ3n) is 4.05. The summed E-state index contributed by atoms with van der Waals surface area (Å²) in [4.78, 5) is 0. The van der Waals surface area contributed by atoms with Crippen molar-refractivity contribution >= 4 is 11.6 Å². The number of nitrogens with one attached hydrogen (secondary N) is 1. The van der Waals surface area contributed by atoms with Gasteiger partial charge in [-0.2, -0.15) is 0 Å². The van der Waals surface area contributed by atoms with Crippen LogP contribution in [0.5, 0.6) is 0 Å². The second-order valence-electron chi connectivity index (χ2n) is 5.34. The molecule has 2 rings (SSSR count). The number of halogens is 1. The molecule has 0 heterocycles. The molecule has 3 atom stereocenters. The Morgan fingerprint density at radius 2 is 2.16 bits per heavy atom. The first kappa shape index (κ1) is 14.8. The van der Waals surface area contributed by atoms with Crippen LogP contribution in [0.3, 0.4) is 0 Å². The van der Waals surface area contributed by atoms with E-state index in [4.69, 9.17) is 17.3 Å². The number of nitrogens with two attached hydrogens (primary N) is 1. The van der Waals surface area contributed by atoms with E-state index in [1.54, 1.807) is 0 Å². The molecule has 0 aliphatic heterocycles. The van der Waals surface area contributed by atoms with Crippen LogP contribution in [-0.2, 0) is 0 Å². The molecule has 3 unspecified atom stereocenters. The first-order chi connectivity index (χ1) is 9.24. The molecule has 0 bridgehead atoms. The topological polar surface area (TPSA) is 58.3 Å². The van der Waals surface area contributed by atoms with Crippen molar-refractivity contribution in [3.63, 3.8) is 0 Å². The van der Waals surface area contributed by atoms with Crippen LogP contribution in [-0.4, -0.2) is 24.3 Å². The van der Waals surface area contributed by atoms with Crippen molar-refractivity contribution < 1.29 is 5.11 Å². The number of hydrogen-bond donors (Lipinski definition) is 3. The van der Waals surface area contributed by atoms with Crippen LogP contribution in [0.15, 0.2) is 24.3 Å². The van der Waals surface area contributed by atoms with Gasteiger partial charge in [-0.25, -0.2) is 0 Å². The SMILES string of the molecule is NCC(NC1CCCCC1CO)c1cccc(Cl)c1. The third-order valence-corrected chi connectivity index (χ3v) is 4.28. The van der Waals surface area contributed by atoms with E-state index in [1.807, 2.05) is 24.3 Å². The molecule has 3 nitrogen and oxygen atoms in total.